The number of aliphatic imine (C=N–C) groups is 1. The van der Waals surface area contributed by atoms with E-state index in [1.807, 2.05) is 19.3 Å². The van der Waals surface area contributed by atoms with Crippen LogP contribution in [0.2, 0.25) is 0 Å². The summed E-state index contributed by atoms with van der Waals surface area (Å²) in [5.41, 5.74) is 2.94. The lowest BCUT2D eigenvalue weighted by Gasteiger charge is -2.38. The minimum absolute atomic E-state index is 0.610. The zero-order valence-electron chi connectivity index (χ0n) is 12.5. The number of guanidine groups is 1. The number of hydrogen-bond donors (Lipinski definition) is 1. The molecule has 2 fully saturated rings. The number of pyridine rings is 1. The van der Waals surface area contributed by atoms with Gasteiger partial charge in [-0.15, -0.1) is 0 Å². The Morgan fingerprint density at radius 3 is 2.90 bits per heavy atom. The van der Waals surface area contributed by atoms with Gasteiger partial charge in [-0.1, -0.05) is 12.5 Å². The number of hydrogen-bond acceptors (Lipinski definition) is 2. The third-order valence-corrected chi connectivity index (χ3v) is 4.90. The van der Waals surface area contributed by atoms with Crippen LogP contribution in [0.3, 0.4) is 0 Å². The van der Waals surface area contributed by atoms with E-state index >= 15 is 0 Å². The Balaban J connectivity index is 1.60. The predicted octanol–water partition coefficient (Wildman–Crippen LogP) is 2.34. The first-order chi connectivity index (χ1) is 9.72. The lowest BCUT2D eigenvalue weighted by atomic mass is 9.68. The van der Waals surface area contributed by atoms with Gasteiger partial charge in [-0.2, -0.15) is 0 Å². The van der Waals surface area contributed by atoms with Gasteiger partial charge in [-0.3, -0.25) is 9.98 Å². The second-order valence-electron chi connectivity index (χ2n) is 6.19. The molecule has 2 aliphatic rings. The molecule has 0 unspecified atom stereocenters. The number of nitrogens with one attached hydrogen (secondary N) is 1. The third-order valence-electron chi connectivity index (χ3n) is 4.90. The number of aryl methyl sites for hydroxylation is 1. The minimum Gasteiger partial charge on any atom is -0.351 e. The Hall–Kier alpha value is -1.58. The lowest BCUT2D eigenvalue weighted by Crippen LogP contribution is -2.42. The molecule has 1 aromatic rings. The van der Waals surface area contributed by atoms with E-state index in [0.717, 1.165) is 24.7 Å². The molecule has 1 aromatic heterocycles. The van der Waals surface area contributed by atoms with Crippen molar-refractivity contribution < 1.29 is 0 Å². The summed E-state index contributed by atoms with van der Waals surface area (Å²) in [4.78, 5) is 11.3. The molecule has 2 heterocycles. The van der Waals surface area contributed by atoms with E-state index in [4.69, 9.17) is 0 Å². The van der Waals surface area contributed by atoms with E-state index in [1.54, 1.807) is 0 Å². The molecule has 4 nitrogen and oxygen atoms in total. The second-order valence-corrected chi connectivity index (χ2v) is 6.19. The molecule has 1 N–H and O–H groups in total. The molecule has 1 saturated carbocycles. The predicted molar refractivity (Wildman–Crippen MR) is 81.6 cm³/mol. The van der Waals surface area contributed by atoms with Crippen molar-refractivity contribution in [1.29, 1.82) is 0 Å². The molecule has 1 saturated heterocycles. The highest BCUT2D eigenvalue weighted by molar-refractivity contribution is 5.80. The van der Waals surface area contributed by atoms with Gasteiger partial charge < -0.3 is 10.2 Å². The van der Waals surface area contributed by atoms with Crippen LogP contribution in [-0.4, -0.2) is 36.0 Å². The zero-order valence-corrected chi connectivity index (χ0v) is 12.5. The summed E-state index contributed by atoms with van der Waals surface area (Å²) < 4.78 is 0. The quantitative estimate of drug-likeness (QED) is 0.663. The van der Waals surface area contributed by atoms with Crippen molar-refractivity contribution in [2.75, 3.05) is 20.1 Å². The normalized spacial score (nSPS) is 21.1. The van der Waals surface area contributed by atoms with Gasteiger partial charge in [0, 0.05) is 26.3 Å². The summed E-state index contributed by atoms with van der Waals surface area (Å²) in [6.45, 7) is 5.17. The number of aromatic nitrogens is 1. The first-order valence-electron chi connectivity index (χ1n) is 7.59. The van der Waals surface area contributed by atoms with Gasteiger partial charge in [0.2, 0.25) is 0 Å². The van der Waals surface area contributed by atoms with Crippen LogP contribution < -0.4 is 5.32 Å². The van der Waals surface area contributed by atoms with Gasteiger partial charge in [0.05, 0.1) is 12.2 Å². The fourth-order valence-corrected chi connectivity index (χ4v) is 3.40. The van der Waals surface area contributed by atoms with E-state index < -0.39 is 0 Å². The summed E-state index contributed by atoms with van der Waals surface area (Å²) >= 11 is 0. The van der Waals surface area contributed by atoms with E-state index in [0.29, 0.717) is 5.41 Å². The summed E-state index contributed by atoms with van der Waals surface area (Å²) in [5, 5.41) is 3.47. The molecule has 1 aliphatic carbocycles. The highest BCUT2D eigenvalue weighted by Crippen LogP contribution is 2.47. The van der Waals surface area contributed by atoms with E-state index in [2.05, 4.69) is 33.2 Å². The molecular formula is C16H24N4. The van der Waals surface area contributed by atoms with Crippen LogP contribution in [0.5, 0.6) is 0 Å². The highest BCUT2D eigenvalue weighted by atomic mass is 15.3. The van der Waals surface area contributed by atoms with E-state index in [-0.39, 0.29) is 0 Å². The number of likely N-dealkylation sites (tertiary alicyclic amines) is 1. The molecule has 1 aliphatic heterocycles. The number of rotatable bonds is 2. The molecule has 4 heteroatoms. The Kier molecular flexibility index (Phi) is 3.64. The van der Waals surface area contributed by atoms with Gasteiger partial charge in [0.25, 0.3) is 0 Å². The van der Waals surface area contributed by atoms with Crippen LogP contribution in [0.1, 0.15) is 36.9 Å². The second kappa shape index (κ2) is 5.43. The Morgan fingerprint density at radius 1 is 1.45 bits per heavy atom. The Bertz CT molecular complexity index is 505. The van der Waals surface area contributed by atoms with Crippen molar-refractivity contribution in [2.24, 2.45) is 10.4 Å². The Labute approximate surface area is 121 Å². The molecule has 3 rings (SSSR count). The standard InChI is InChI=1S/C16H24N4/c1-13-5-3-9-18-14(13)11-19-15(17-2)20-10-8-16(12-20)6-4-7-16/h3,5,9H,4,6-8,10-12H2,1-2H3,(H,17,19). The van der Waals surface area contributed by atoms with Gasteiger partial charge in [0.1, 0.15) is 0 Å². The number of nitrogens with zero attached hydrogens (tertiary/aromatic N) is 3. The molecule has 0 amide bonds. The van der Waals surface area contributed by atoms with Gasteiger partial charge in [-0.05, 0) is 43.2 Å². The van der Waals surface area contributed by atoms with E-state index in [9.17, 15) is 0 Å². The smallest absolute Gasteiger partial charge is 0.193 e. The van der Waals surface area contributed by atoms with Gasteiger partial charge in [0.15, 0.2) is 5.96 Å². The van der Waals surface area contributed by atoms with Crippen LogP contribution in [0.4, 0.5) is 0 Å². The van der Waals surface area contributed by atoms with Crippen molar-refractivity contribution in [2.45, 2.75) is 39.2 Å². The topological polar surface area (TPSA) is 40.5 Å². The monoisotopic (exact) mass is 272 g/mol. The molecule has 0 bridgehead atoms. The zero-order chi connectivity index (χ0) is 14.0. The summed E-state index contributed by atoms with van der Waals surface area (Å²) in [5.74, 6) is 1.03. The van der Waals surface area contributed by atoms with Crippen LogP contribution >= 0.6 is 0 Å². The molecule has 0 aromatic carbocycles. The van der Waals surface area contributed by atoms with Crippen molar-refractivity contribution in [3.05, 3.63) is 29.6 Å². The maximum Gasteiger partial charge on any atom is 0.193 e. The molecule has 0 radical (unpaired) electrons. The molecular weight excluding hydrogens is 248 g/mol. The van der Waals surface area contributed by atoms with Gasteiger partial charge >= 0.3 is 0 Å². The Morgan fingerprint density at radius 2 is 2.30 bits per heavy atom. The van der Waals surface area contributed by atoms with Crippen LogP contribution in [-0.2, 0) is 6.54 Å². The summed E-state index contributed by atoms with van der Waals surface area (Å²) in [6, 6.07) is 4.08. The third kappa shape index (κ3) is 2.51. The summed E-state index contributed by atoms with van der Waals surface area (Å²) in [7, 11) is 1.87. The fourth-order valence-electron chi connectivity index (χ4n) is 3.40. The van der Waals surface area contributed by atoms with Crippen molar-refractivity contribution in [3.8, 4) is 0 Å². The molecule has 20 heavy (non-hydrogen) atoms. The first kappa shape index (κ1) is 13.4. The maximum atomic E-state index is 4.44. The van der Waals surface area contributed by atoms with Crippen LogP contribution in [0.15, 0.2) is 23.3 Å². The first-order valence-corrected chi connectivity index (χ1v) is 7.59. The molecule has 0 atom stereocenters. The van der Waals surface area contributed by atoms with E-state index in [1.165, 1.54) is 37.8 Å². The van der Waals surface area contributed by atoms with Crippen LogP contribution in [0, 0.1) is 12.3 Å². The van der Waals surface area contributed by atoms with Crippen molar-refractivity contribution >= 4 is 5.96 Å². The molecule has 108 valence electrons. The van der Waals surface area contributed by atoms with Gasteiger partial charge in [-0.25, -0.2) is 0 Å². The molecule has 1 spiro atoms. The average molecular weight is 272 g/mol. The average Bonchev–Trinajstić information content (AvgIpc) is 2.87. The van der Waals surface area contributed by atoms with Crippen LogP contribution in [0.25, 0.3) is 0 Å². The van der Waals surface area contributed by atoms with Crippen molar-refractivity contribution in [1.82, 2.24) is 15.2 Å². The SMILES string of the molecule is CN=C(NCc1ncccc1C)N1CCC2(CCC2)C1. The summed E-state index contributed by atoms with van der Waals surface area (Å²) in [6.07, 6.45) is 7.40. The lowest BCUT2D eigenvalue weighted by molar-refractivity contribution is 0.151. The minimum atomic E-state index is 0.610. The van der Waals surface area contributed by atoms with Crippen molar-refractivity contribution in [3.63, 3.8) is 0 Å². The fraction of sp³-hybridized carbons (Fsp3) is 0.625. The largest absolute Gasteiger partial charge is 0.351 e. The highest BCUT2D eigenvalue weighted by Gasteiger charge is 2.43. The maximum absolute atomic E-state index is 4.44.